The average molecular weight is 424 g/mol. The number of carbonyl (C=O) groups excluding carboxylic acids is 3. The molecule has 1 heterocycles. The molecule has 0 aliphatic carbocycles. The van der Waals surface area contributed by atoms with Gasteiger partial charge in [0.15, 0.2) is 6.10 Å². The number of esters is 1. The Kier molecular flexibility index (Phi) is 7.65. The second kappa shape index (κ2) is 10.6. The van der Waals surface area contributed by atoms with Crippen molar-refractivity contribution in [1.29, 1.82) is 0 Å². The van der Waals surface area contributed by atoms with Crippen LogP contribution in [0.4, 0.5) is 5.69 Å². The molecule has 31 heavy (non-hydrogen) atoms. The molecule has 2 aromatic rings. The maximum atomic E-state index is 12.7. The van der Waals surface area contributed by atoms with Gasteiger partial charge in [0.25, 0.3) is 11.8 Å². The van der Waals surface area contributed by atoms with Crippen LogP contribution in [0, 0.1) is 0 Å². The number of rotatable bonds is 9. The van der Waals surface area contributed by atoms with Gasteiger partial charge in [-0.2, -0.15) is 0 Å². The summed E-state index contributed by atoms with van der Waals surface area (Å²) in [6.07, 6.45) is 1.86. The molecule has 0 saturated carbocycles. The minimum absolute atomic E-state index is 0.275. The van der Waals surface area contributed by atoms with Gasteiger partial charge in [0, 0.05) is 17.8 Å². The highest BCUT2D eigenvalue weighted by Gasteiger charge is 2.29. The van der Waals surface area contributed by atoms with Gasteiger partial charge in [0.2, 0.25) is 0 Å². The Morgan fingerprint density at radius 3 is 2.58 bits per heavy atom. The third kappa shape index (κ3) is 5.84. The van der Waals surface area contributed by atoms with Crippen LogP contribution in [-0.4, -0.2) is 43.6 Å². The SMILES string of the molecule is CCCCOc1ccc(C(=O)NCC(=O)O[C@H](C)C(=O)N2CCc3ccccc32)cc1. The minimum atomic E-state index is -0.935. The number of unbranched alkanes of at least 4 members (excludes halogenated alkanes) is 1. The van der Waals surface area contributed by atoms with E-state index in [4.69, 9.17) is 9.47 Å². The lowest BCUT2D eigenvalue weighted by atomic mass is 10.2. The van der Waals surface area contributed by atoms with Crippen molar-refractivity contribution in [2.45, 2.75) is 39.2 Å². The molecule has 1 N–H and O–H groups in total. The van der Waals surface area contributed by atoms with Crippen LogP contribution in [0.2, 0.25) is 0 Å². The van der Waals surface area contributed by atoms with Crippen LogP contribution >= 0.6 is 0 Å². The molecule has 0 bridgehead atoms. The molecule has 2 aromatic carbocycles. The fourth-order valence-corrected chi connectivity index (χ4v) is 3.37. The molecule has 1 atom stereocenters. The van der Waals surface area contributed by atoms with E-state index in [-0.39, 0.29) is 12.5 Å². The lowest BCUT2D eigenvalue weighted by Crippen LogP contribution is -2.41. The molecule has 7 heteroatoms. The molecular weight excluding hydrogens is 396 g/mol. The molecule has 3 rings (SSSR count). The summed E-state index contributed by atoms with van der Waals surface area (Å²) in [4.78, 5) is 38.7. The molecule has 0 aromatic heterocycles. The number of carbonyl (C=O) groups is 3. The van der Waals surface area contributed by atoms with Crippen molar-refractivity contribution in [2.24, 2.45) is 0 Å². The Labute approximate surface area is 182 Å². The first-order chi connectivity index (χ1) is 15.0. The number of amides is 2. The number of anilines is 1. The van der Waals surface area contributed by atoms with Crippen molar-refractivity contribution in [2.75, 3.05) is 24.6 Å². The van der Waals surface area contributed by atoms with E-state index in [1.165, 1.54) is 0 Å². The van der Waals surface area contributed by atoms with Crippen LogP contribution in [0.1, 0.15) is 42.6 Å². The Morgan fingerprint density at radius 2 is 1.84 bits per heavy atom. The summed E-state index contributed by atoms with van der Waals surface area (Å²) >= 11 is 0. The van der Waals surface area contributed by atoms with Crippen LogP contribution in [0.5, 0.6) is 5.75 Å². The third-order valence-corrected chi connectivity index (χ3v) is 5.09. The lowest BCUT2D eigenvalue weighted by molar-refractivity contribution is -0.152. The largest absolute Gasteiger partial charge is 0.494 e. The summed E-state index contributed by atoms with van der Waals surface area (Å²) in [5, 5.41) is 2.52. The molecule has 1 aliphatic rings. The van der Waals surface area contributed by atoms with Gasteiger partial charge >= 0.3 is 5.97 Å². The van der Waals surface area contributed by atoms with E-state index in [1.807, 2.05) is 24.3 Å². The van der Waals surface area contributed by atoms with Crippen molar-refractivity contribution in [3.63, 3.8) is 0 Å². The molecular formula is C24H28N2O5. The van der Waals surface area contributed by atoms with Crippen molar-refractivity contribution in [3.8, 4) is 5.75 Å². The Bertz CT molecular complexity index is 926. The number of para-hydroxylation sites is 1. The Hall–Kier alpha value is -3.35. The van der Waals surface area contributed by atoms with Crippen LogP contribution < -0.4 is 15.0 Å². The highest BCUT2D eigenvalue weighted by molar-refractivity contribution is 5.99. The summed E-state index contributed by atoms with van der Waals surface area (Å²) in [6, 6.07) is 14.4. The van der Waals surface area contributed by atoms with E-state index in [2.05, 4.69) is 12.2 Å². The van der Waals surface area contributed by atoms with Gasteiger partial charge < -0.3 is 19.7 Å². The fraction of sp³-hybridized carbons (Fsp3) is 0.375. The van der Waals surface area contributed by atoms with E-state index in [0.717, 1.165) is 30.5 Å². The zero-order valence-corrected chi connectivity index (χ0v) is 17.9. The molecule has 0 spiro atoms. The highest BCUT2D eigenvalue weighted by atomic mass is 16.5. The predicted octanol–water partition coefficient (Wildman–Crippen LogP) is 3.12. The average Bonchev–Trinajstić information content (AvgIpc) is 3.21. The topological polar surface area (TPSA) is 84.9 Å². The van der Waals surface area contributed by atoms with Crippen molar-refractivity contribution < 1.29 is 23.9 Å². The van der Waals surface area contributed by atoms with Crippen LogP contribution in [0.25, 0.3) is 0 Å². The quantitative estimate of drug-likeness (QED) is 0.494. The number of nitrogens with one attached hydrogen (secondary N) is 1. The van der Waals surface area contributed by atoms with Crippen LogP contribution in [-0.2, 0) is 20.7 Å². The number of fused-ring (bicyclic) bond motifs is 1. The predicted molar refractivity (Wildman–Crippen MR) is 117 cm³/mol. The minimum Gasteiger partial charge on any atom is -0.494 e. The van der Waals surface area contributed by atoms with Crippen LogP contribution in [0.3, 0.4) is 0 Å². The molecule has 2 amide bonds. The van der Waals surface area contributed by atoms with Crippen molar-refractivity contribution >= 4 is 23.5 Å². The molecule has 0 saturated heterocycles. The maximum absolute atomic E-state index is 12.7. The van der Waals surface area contributed by atoms with Gasteiger partial charge in [-0.3, -0.25) is 14.4 Å². The van der Waals surface area contributed by atoms with Gasteiger partial charge in [0.1, 0.15) is 12.3 Å². The summed E-state index contributed by atoms with van der Waals surface area (Å²) in [6.45, 7) is 4.51. The van der Waals surface area contributed by atoms with E-state index < -0.39 is 18.0 Å². The molecule has 164 valence electrons. The standard InChI is InChI=1S/C24H28N2O5/c1-3-4-15-30-20-11-9-19(10-12-20)23(28)25-16-22(27)31-17(2)24(29)26-14-13-18-7-5-6-8-21(18)26/h5-12,17H,3-4,13-16H2,1-2H3,(H,25,28)/t17-/m1/s1. The Balaban J connectivity index is 1.45. The zero-order valence-electron chi connectivity index (χ0n) is 17.9. The number of hydrogen-bond donors (Lipinski definition) is 1. The van der Waals surface area contributed by atoms with Gasteiger partial charge in [-0.05, 0) is 55.7 Å². The first-order valence-electron chi connectivity index (χ1n) is 10.6. The van der Waals surface area contributed by atoms with Gasteiger partial charge in [-0.15, -0.1) is 0 Å². The van der Waals surface area contributed by atoms with Crippen LogP contribution in [0.15, 0.2) is 48.5 Å². The smallest absolute Gasteiger partial charge is 0.326 e. The van der Waals surface area contributed by atoms with E-state index in [0.29, 0.717) is 24.5 Å². The molecule has 7 nitrogen and oxygen atoms in total. The fourth-order valence-electron chi connectivity index (χ4n) is 3.37. The number of benzene rings is 2. The maximum Gasteiger partial charge on any atom is 0.326 e. The van der Waals surface area contributed by atoms with Crippen molar-refractivity contribution in [1.82, 2.24) is 5.32 Å². The Morgan fingerprint density at radius 1 is 1.10 bits per heavy atom. The summed E-state index contributed by atoms with van der Waals surface area (Å²) in [5.74, 6) is -0.644. The molecule has 0 fully saturated rings. The summed E-state index contributed by atoms with van der Waals surface area (Å²) in [5.41, 5.74) is 2.36. The summed E-state index contributed by atoms with van der Waals surface area (Å²) < 4.78 is 10.8. The first-order valence-corrected chi connectivity index (χ1v) is 10.6. The van der Waals surface area contributed by atoms with Gasteiger partial charge in [-0.25, -0.2) is 0 Å². The normalized spacial score (nSPS) is 13.3. The van der Waals surface area contributed by atoms with E-state index in [9.17, 15) is 14.4 Å². The molecule has 0 radical (unpaired) electrons. The van der Waals surface area contributed by atoms with Crippen molar-refractivity contribution in [3.05, 3.63) is 59.7 Å². The number of ether oxygens (including phenoxy) is 2. The first kappa shape index (κ1) is 22.3. The van der Waals surface area contributed by atoms with Gasteiger partial charge in [-0.1, -0.05) is 31.5 Å². The van der Waals surface area contributed by atoms with E-state index >= 15 is 0 Å². The zero-order chi connectivity index (χ0) is 22.2. The second-order valence-corrected chi connectivity index (χ2v) is 7.41. The second-order valence-electron chi connectivity index (χ2n) is 7.41. The third-order valence-electron chi connectivity index (χ3n) is 5.09. The molecule has 1 aliphatic heterocycles. The number of hydrogen-bond acceptors (Lipinski definition) is 5. The highest BCUT2D eigenvalue weighted by Crippen LogP contribution is 2.28. The molecule has 0 unspecified atom stereocenters. The van der Waals surface area contributed by atoms with Gasteiger partial charge in [0.05, 0.1) is 6.61 Å². The van der Waals surface area contributed by atoms with E-state index in [1.54, 1.807) is 36.1 Å². The number of nitrogens with zero attached hydrogens (tertiary/aromatic N) is 1. The monoisotopic (exact) mass is 424 g/mol. The lowest BCUT2D eigenvalue weighted by Gasteiger charge is -2.21. The summed E-state index contributed by atoms with van der Waals surface area (Å²) in [7, 11) is 0.